The average molecular weight is 719 g/mol. The lowest BCUT2D eigenvalue weighted by Gasteiger charge is -2.38. The summed E-state index contributed by atoms with van der Waals surface area (Å²) in [6.45, 7) is 5.14. The molecule has 2 aliphatic carbocycles. The first-order valence-corrected chi connectivity index (χ1v) is 14.9. The van der Waals surface area contributed by atoms with Crippen LogP contribution >= 0.6 is 0 Å². The number of hydrogen-bond donors (Lipinski definition) is 0. The van der Waals surface area contributed by atoms with Gasteiger partial charge in [-0.3, -0.25) is 19.2 Å². The molecule has 0 spiro atoms. The highest BCUT2D eigenvalue weighted by Crippen LogP contribution is 2.30. The van der Waals surface area contributed by atoms with E-state index >= 15 is 0 Å². The number of benzene rings is 1. The van der Waals surface area contributed by atoms with Gasteiger partial charge in [0.25, 0.3) is 0 Å². The first kappa shape index (κ1) is 38.4. The minimum absolute atomic E-state index is 0. The lowest BCUT2D eigenvalue weighted by Crippen LogP contribution is -3.00. The summed E-state index contributed by atoms with van der Waals surface area (Å²) in [5.74, 6) is 0.0905. The van der Waals surface area contributed by atoms with E-state index in [1.165, 1.54) is 13.8 Å². The molecular formula is C32H50Br2N2O6. The number of Topliss-reactive ketones (excluding diaryl/α,β-unsaturated/α-hetero) is 2. The van der Waals surface area contributed by atoms with Crippen LogP contribution in [0.15, 0.2) is 24.3 Å². The summed E-state index contributed by atoms with van der Waals surface area (Å²) in [6, 6.07) is 7.04. The summed E-state index contributed by atoms with van der Waals surface area (Å²) >= 11 is 0. The zero-order chi connectivity index (χ0) is 29.5. The van der Waals surface area contributed by atoms with Crippen LogP contribution in [0.25, 0.3) is 0 Å². The summed E-state index contributed by atoms with van der Waals surface area (Å²) in [4.78, 5) is 49.5. The second-order valence-corrected chi connectivity index (χ2v) is 13.4. The molecule has 0 heterocycles. The topological polar surface area (TPSA) is 86.7 Å². The molecule has 0 amide bonds. The predicted molar refractivity (Wildman–Crippen MR) is 154 cm³/mol. The van der Waals surface area contributed by atoms with Crippen LogP contribution in [0.1, 0.15) is 85.9 Å². The van der Waals surface area contributed by atoms with Crippen molar-refractivity contribution in [3.8, 4) is 0 Å². The van der Waals surface area contributed by atoms with Crippen molar-refractivity contribution in [2.45, 2.75) is 77.4 Å². The predicted octanol–water partition coefficient (Wildman–Crippen LogP) is -1.54. The molecule has 0 bridgehead atoms. The van der Waals surface area contributed by atoms with Gasteiger partial charge < -0.3 is 52.4 Å². The van der Waals surface area contributed by atoms with Crippen LogP contribution in [0, 0.1) is 11.8 Å². The number of carbonyl (C=O) groups excluding carboxylic acids is 4. The molecule has 2 saturated carbocycles. The third-order valence-electron chi connectivity index (χ3n) is 8.44. The normalized spacial score (nSPS) is 22.6. The Hall–Kier alpha value is -1.62. The largest absolute Gasteiger partial charge is 1.00 e. The molecular weight excluding hydrogens is 668 g/mol. The Balaban J connectivity index is 0.00000441. The van der Waals surface area contributed by atoms with Crippen molar-refractivity contribution in [3.05, 3.63) is 35.4 Å². The van der Waals surface area contributed by atoms with Crippen LogP contribution in [0.2, 0.25) is 0 Å². The van der Waals surface area contributed by atoms with E-state index < -0.39 is 0 Å². The smallest absolute Gasteiger partial charge is 0.302 e. The van der Waals surface area contributed by atoms with Crippen molar-refractivity contribution >= 4 is 23.5 Å². The highest BCUT2D eigenvalue weighted by molar-refractivity contribution is 6.00. The number of esters is 2. The monoisotopic (exact) mass is 716 g/mol. The van der Waals surface area contributed by atoms with Crippen LogP contribution in [-0.2, 0) is 19.1 Å². The molecule has 2 fully saturated rings. The fraction of sp³-hybridized carbons (Fsp3) is 0.688. The maximum Gasteiger partial charge on any atom is 0.302 e. The van der Waals surface area contributed by atoms with Gasteiger partial charge in [0, 0.05) is 36.8 Å². The Kier molecular flexibility index (Phi) is 15.6. The van der Waals surface area contributed by atoms with Crippen LogP contribution < -0.4 is 34.0 Å². The molecule has 8 nitrogen and oxygen atoms in total. The Morgan fingerprint density at radius 3 is 1.24 bits per heavy atom. The quantitative estimate of drug-likeness (QED) is 0.148. The second kappa shape index (κ2) is 17.0. The molecule has 0 radical (unpaired) electrons. The van der Waals surface area contributed by atoms with E-state index in [1.807, 2.05) is 28.2 Å². The molecule has 0 aromatic heterocycles. The maximum absolute atomic E-state index is 13.2. The summed E-state index contributed by atoms with van der Waals surface area (Å²) in [7, 11) is 8.20. The van der Waals surface area contributed by atoms with E-state index in [0.717, 1.165) is 64.5 Å². The highest BCUT2D eigenvalue weighted by Gasteiger charge is 2.36. The van der Waals surface area contributed by atoms with Gasteiger partial charge in [-0.05, 0) is 38.5 Å². The SMILES string of the molecule is CC(=O)OC1CCCCC1C[N+](C)(C)CC(=O)c1ccc(C(=O)C[N+](C)(C)CC2CCCCC2OC(C)=O)cc1.[Br-].[Br-]. The molecule has 4 unspecified atom stereocenters. The zero-order valence-electron chi connectivity index (χ0n) is 26.2. The fourth-order valence-corrected chi connectivity index (χ4v) is 6.70. The van der Waals surface area contributed by atoms with Gasteiger partial charge in [0.2, 0.25) is 11.6 Å². The van der Waals surface area contributed by atoms with E-state index in [0.29, 0.717) is 33.2 Å². The molecule has 10 heteroatoms. The van der Waals surface area contributed by atoms with Crippen molar-refractivity contribution in [2.75, 3.05) is 54.4 Å². The summed E-state index contributed by atoms with van der Waals surface area (Å²) in [6.07, 6.45) is 8.01. The molecule has 0 aliphatic heterocycles. The lowest BCUT2D eigenvalue weighted by molar-refractivity contribution is -0.885. The number of likely N-dealkylation sites (N-methyl/N-ethyl adjacent to an activating group) is 2. The Morgan fingerprint density at radius 1 is 0.619 bits per heavy atom. The number of quaternary nitrogens is 2. The molecule has 238 valence electrons. The van der Waals surface area contributed by atoms with Gasteiger partial charge in [-0.1, -0.05) is 37.1 Å². The van der Waals surface area contributed by atoms with Gasteiger partial charge in [0.1, 0.15) is 25.3 Å². The molecule has 2 aliphatic rings. The third-order valence-corrected chi connectivity index (χ3v) is 8.44. The van der Waals surface area contributed by atoms with Crippen molar-refractivity contribution < 1.29 is 71.6 Å². The van der Waals surface area contributed by atoms with Gasteiger partial charge in [0.15, 0.2) is 0 Å². The number of ketones is 2. The Morgan fingerprint density at radius 2 is 0.929 bits per heavy atom. The number of ether oxygens (including phenoxy) is 2. The van der Waals surface area contributed by atoms with Gasteiger partial charge in [-0.15, -0.1) is 0 Å². The van der Waals surface area contributed by atoms with Gasteiger partial charge in [-0.2, -0.15) is 0 Å². The number of halogens is 2. The van der Waals surface area contributed by atoms with Crippen LogP contribution in [0.5, 0.6) is 0 Å². The molecule has 42 heavy (non-hydrogen) atoms. The van der Waals surface area contributed by atoms with Crippen molar-refractivity contribution in [2.24, 2.45) is 11.8 Å². The standard InChI is InChI=1S/C32H50N2O6.2BrH/c1-23(35)39-31-13-9-7-11-27(31)19-33(3,4)21-29(37)25-15-17-26(18-16-25)30(38)22-34(5,6)20-28-12-8-10-14-32(28)40-24(2)36;;/h15-18,27-28,31-32H,7-14,19-22H2,1-6H3;2*1H/q+2;;/p-2. The summed E-state index contributed by atoms with van der Waals surface area (Å²) in [5.41, 5.74) is 1.20. The molecule has 4 atom stereocenters. The highest BCUT2D eigenvalue weighted by atomic mass is 79.9. The van der Waals surface area contributed by atoms with Crippen LogP contribution in [0.3, 0.4) is 0 Å². The van der Waals surface area contributed by atoms with Gasteiger partial charge >= 0.3 is 11.9 Å². The molecule has 0 N–H and O–H groups in total. The van der Waals surface area contributed by atoms with E-state index in [9.17, 15) is 19.2 Å². The molecule has 1 aromatic rings. The summed E-state index contributed by atoms with van der Waals surface area (Å²) < 4.78 is 12.2. The van der Waals surface area contributed by atoms with Crippen LogP contribution in [0.4, 0.5) is 0 Å². The number of carbonyl (C=O) groups is 4. The number of hydrogen-bond acceptors (Lipinski definition) is 6. The molecule has 0 saturated heterocycles. The molecule has 3 rings (SSSR count). The van der Waals surface area contributed by atoms with Crippen molar-refractivity contribution in [3.63, 3.8) is 0 Å². The molecule has 1 aromatic carbocycles. The fourth-order valence-electron chi connectivity index (χ4n) is 6.70. The van der Waals surface area contributed by atoms with E-state index in [1.54, 1.807) is 24.3 Å². The average Bonchev–Trinajstić information content (AvgIpc) is 2.85. The second-order valence-electron chi connectivity index (χ2n) is 13.4. The first-order chi connectivity index (χ1) is 18.7. The van der Waals surface area contributed by atoms with Gasteiger partial charge in [-0.25, -0.2) is 0 Å². The summed E-state index contributed by atoms with van der Waals surface area (Å²) in [5, 5.41) is 0. The van der Waals surface area contributed by atoms with Crippen molar-refractivity contribution in [1.29, 1.82) is 0 Å². The van der Waals surface area contributed by atoms with Crippen molar-refractivity contribution in [1.82, 2.24) is 0 Å². The number of rotatable bonds is 12. The van der Waals surface area contributed by atoms with E-state index in [2.05, 4.69) is 0 Å². The Labute approximate surface area is 273 Å². The minimum atomic E-state index is -0.240. The zero-order valence-corrected chi connectivity index (χ0v) is 29.4. The van der Waals surface area contributed by atoms with Crippen LogP contribution in [-0.4, -0.2) is 99.0 Å². The number of nitrogens with zero attached hydrogens (tertiary/aromatic N) is 2. The van der Waals surface area contributed by atoms with E-state index in [-0.39, 0.29) is 81.5 Å². The van der Waals surface area contributed by atoms with Gasteiger partial charge in [0.05, 0.1) is 41.3 Å². The van der Waals surface area contributed by atoms with E-state index in [4.69, 9.17) is 9.47 Å². The Bertz CT molecular complexity index is 977. The third kappa shape index (κ3) is 12.2. The first-order valence-electron chi connectivity index (χ1n) is 14.9. The lowest BCUT2D eigenvalue weighted by atomic mass is 9.85. The minimum Gasteiger partial charge on any atom is -1.00 e. The maximum atomic E-state index is 13.2.